The summed E-state index contributed by atoms with van der Waals surface area (Å²) in [5.74, 6) is 0.00416. The van der Waals surface area contributed by atoms with Crippen molar-refractivity contribution in [3.63, 3.8) is 0 Å². The number of nitrogens with zero attached hydrogens (tertiary/aromatic N) is 3. The number of rotatable bonds is 6. The lowest BCUT2D eigenvalue weighted by Gasteiger charge is -2.32. The molecule has 2 atom stereocenters. The lowest BCUT2D eigenvalue weighted by atomic mass is 9.83. The zero-order valence-corrected chi connectivity index (χ0v) is 18.6. The third kappa shape index (κ3) is 4.16. The maximum absolute atomic E-state index is 13.2. The first-order chi connectivity index (χ1) is 14.3. The molecule has 30 heavy (non-hydrogen) atoms. The molecule has 1 fully saturated rings. The van der Waals surface area contributed by atoms with Crippen LogP contribution in [-0.2, 0) is 23.6 Å². The fourth-order valence-electron chi connectivity index (χ4n) is 4.03. The second-order valence-corrected chi connectivity index (χ2v) is 10.4. The molecule has 6 nitrogen and oxygen atoms in total. The summed E-state index contributed by atoms with van der Waals surface area (Å²) in [5.41, 5.74) is 1.77. The number of hydrogen-bond acceptors (Lipinski definition) is 4. The van der Waals surface area contributed by atoms with E-state index >= 15 is 0 Å². The monoisotopic (exact) mass is 444 g/mol. The molecule has 0 spiro atoms. The van der Waals surface area contributed by atoms with Crippen molar-refractivity contribution in [2.45, 2.75) is 30.0 Å². The molecule has 158 valence electrons. The van der Waals surface area contributed by atoms with Gasteiger partial charge in [0, 0.05) is 49.4 Å². The maximum Gasteiger partial charge on any atom is 0.262 e. The molecule has 0 amide bonds. The zero-order chi connectivity index (χ0) is 21.4. The quantitative estimate of drug-likeness (QED) is 0.632. The first-order valence-corrected chi connectivity index (χ1v) is 11.6. The predicted molar refractivity (Wildman–Crippen MR) is 118 cm³/mol. The molecular formula is C22H25ClN4O2S. The van der Waals surface area contributed by atoms with Crippen LogP contribution in [0.15, 0.2) is 72.1 Å². The highest BCUT2D eigenvalue weighted by Crippen LogP contribution is 2.38. The number of nitrogens with one attached hydrogen (secondary N) is 1. The van der Waals surface area contributed by atoms with Crippen LogP contribution in [0.1, 0.15) is 24.0 Å². The van der Waals surface area contributed by atoms with E-state index in [0.29, 0.717) is 24.7 Å². The van der Waals surface area contributed by atoms with Crippen LogP contribution < -0.4 is 5.32 Å². The Morgan fingerprint density at radius 3 is 2.50 bits per heavy atom. The molecule has 0 aliphatic carbocycles. The molecular weight excluding hydrogens is 420 g/mol. The van der Waals surface area contributed by atoms with E-state index in [9.17, 15) is 8.42 Å². The molecule has 3 aromatic rings. The second kappa shape index (κ2) is 8.15. The van der Waals surface area contributed by atoms with Crippen molar-refractivity contribution in [2.75, 3.05) is 13.1 Å². The Labute approximate surface area is 182 Å². The molecule has 0 bridgehead atoms. The van der Waals surface area contributed by atoms with E-state index in [4.69, 9.17) is 11.6 Å². The predicted octanol–water partition coefficient (Wildman–Crippen LogP) is 3.41. The van der Waals surface area contributed by atoms with Gasteiger partial charge in [0.2, 0.25) is 0 Å². The van der Waals surface area contributed by atoms with Gasteiger partial charge >= 0.3 is 0 Å². The molecule has 2 heterocycles. The summed E-state index contributed by atoms with van der Waals surface area (Å²) in [5, 5.41) is 4.40. The molecule has 1 aromatic heterocycles. The number of hydrogen-bond donors (Lipinski definition) is 1. The molecule has 1 aliphatic rings. The smallest absolute Gasteiger partial charge is 0.262 e. The average molecular weight is 445 g/mol. The third-order valence-corrected chi connectivity index (χ3v) is 7.71. The van der Waals surface area contributed by atoms with Gasteiger partial charge in [0.25, 0.3) is 10.0 Å². The summed E-state index contributed by atoms with van der Waals surface area (Å²) in [6, 6.07) is 17.8. The van der Waals surface area contributed by atoms with Gasteiger partial charge in [-0.25, -0.2) is 13.4 Å². The largest absolute Gasteiger partial charge is 0.339 e. The summed E-state index contributed by atoms with van der Waals surface area (Å²) in [6.07, 6.45) is 3.05. The summed E-state index contributed by atoms with van der Waals surface area (Å²) >= 11 is 6.00. The Balaban J connectivity index is 1.63. The van der Waals surface area contributed by atoms with Crippen LogP contribution in [0.4, 0.5) is 0 Å². The zero-order valence-electron chi connectivity index (χ0n) is 17.0. The van der Waals surface area contributed by atoms with E-state index < -0.39 is 15.6 Å². The topological polar surface area (TPSA) is 67.2 Å². The van der Waals surface area contributed by atoms with Crippen molar-refractivity contribution in [3.05, 3.63) is 83.3 Å². The van der Waals surface area contributed by atoms with Crippen LogP contribution in [0.25, 0.3) is 0 Å². The standard InChI is InChI=1S/C22H25ClN4O2S/c1-22(25-12-17-8-10-19(23)11-9-17)15-27(13-20(22)18-6-4-3-5-7-18)30(28,29)21-14-26(2)16-24-21/h3-11,14,16,20,25H,12-13,15H2,1-2H3. The highest BCUT2D eigenvalue weighted by atomic mass is 35.5. The normalized spacial score (nSPS) is 22.4. The van der Waals surface area contributed by atoms with Crippen molar-refractivity contribution in [2.24, 2.45) is 7.05 Å². The van der Waals surface area contributed by atoms with Gasteiger partial charge in [-0.2, -0.15) is 4.31 Å². The summed E-state index contributed by atoms with van der Waals surface area (Å²) < 4.78 is 29.7. The SMILES string of the molecule is Cn1cnc(S(=O)(=O)N2CC(c3ccccc3)C(C)(NCc3ccc(Cl)cc3)C2)c1. The first-order valence-electron chi connectivity index (χ1n) is 9.80. The lowest BCUT2D eigenvalue weighted by molar-refractivity contribution is 0.336. The molecule has 0 saturated carbocycles. The molecule has 1 aliphatic heterocycles. The second-order valence-electron chi connectivity index (χ2n) is 8.04. The molecule has 1 saturated heterocycles. The fourth-order valence-corrected chi connectivity index (χ4v) is 5.68. The van der Waals surface area contributed by atoms with Crippen LogP contribution in [0.2, 0.25) is 5.02 Å². The van der Waals surface area contributed by atoms with E-state index in [-0.39, 0.29) is 10.9 Å². The van der Waals surface area contributed by atoms with Crippen molar-refractivity contribution in [1.29, 1.82) is 0 Å². The van der Waals surface area contributed by atoms with E-state index in [0.717, 1.165) is 11.1 Å². The minimum absolute atomic E-state index is 0.00416. The number of imidazole rings is 1. The van der Waals surface area contributed by atoms with Gasteiger partial charge in [-0.15, -0.1) is 0 Å². The van der Waals surface area contributed by atoms with E-state index in [1.165, 1.54) is 6.33 Å². The molecule has 1 N–H and O–H groups in total. The van der Waals surface area contributed by atoms with E-state index in [1.54, 1.807) is 22.1 Å². The van der Waals surface area contributed by atoms with Crippen LogP contribution in [0.3, 0.4) is 0 Å². The fraction of sp³-hybridized carbons (Fsp3) is 0.318. The van der Waals surface area contributed by atoms with Gasteiger partial charge in [-0.1, -0.05) is 54.1 Å². The first kappa shape index (κ1) is 21.1. The molecule has 0 radical (unpaired) electrons. The highest BCUT2D eigenvalue weighted by molar-refractivity contribution is 7.89. The Hall–Kier alpha value is -2.19. The Morgan fingerprint density at radius 2 is 1.87 bits per heavy atom. The van der Waals surface area contributed by atoms with Gasteiger partial charge < -0.3 is 9.88 Å². The van der Waals surface area contributed by atoms with Crippen LogP contribution in [0, 0.1) is 0 Å². The minimum Gasteiger partial charge on any atom is -0.339 e. The number of aromatic nitrogens is 2. The number of halogens is 1. The van der Waals surface area contributed by atoms with E-state index in [2.05, 4.69) is 29.4 Å². The van der Waals surface area contributed by atoms with Gasteiger partial charge in [-0.3, -0.25) is 0 Å². The number of aryl methyl sites for hydroxylation is 1. The van der Waals surface area contributed by atoms with Gasteiger partial charge in [0.05, 0.1) is 6.33 Å². The molecule has 8 heteroatoms. The van der Waals surface area contributed by atoms with Gasteiger partial charge in [-0.05, 0) is 30.2 Å². The highest BCUT2D eigenvalue weighted by Gasteiger charge is 2.48. The molecule has 4 rings (SSSR count). The Morgan fingerprint density at radius 1 is 1.17 bits per heavy atom. The van der Waals surface area contributed by atoms with Crippen LogP contribution in [0.5, 0.6) is 0 Å². The maximum atomic E-state index is 13.2. The minimum atomic E-state index is -3.67. The van der Waals surface area contributed by atoms with Crippen LogP contribution >= 0.6 is 11.6 Å². The van der Waals surface area contributed by atoms with Crippen molar-refractivity contribution in [1.82, 2.24) is 19.2 Å². The third-order valence-electron chi connectivity index (χ3n) is 5.76. The Kier molecular flexibility index (Phi) is 5.72. The van der Waals surface area contributed by atoms with Crippen LogP contribution in [-0.4, -0.2) is 40.9 Å². The number of benzene rings is 2. The van der Waals surface area contributed by atoms with Gasteiger partial charge in [0.1, 0.15) is 0 Å². The van der Waals surface area contributed by atoms with Crippen molar-refractivity contribution >= 4 is 21.6 Å². The summed E-state index contributed by atoms with van der Waals surface area (Å²) in [4.78, 5) is 4.08. The van der Waals surface area contributed by atoms with Gasteiger partial charge in [0.15, 0.2) is 5.03 Å². The average Bonchev–Trinajstić information content (AvgIpc) is 3.33. The summed E-state index contributed by atoms with van der Waals surface area (Å²) in [7, 11) is -1.91. The number of sulfonamides is 1. The molecule has 2 aromatic carbocycles. The lowest BCUT2D eigenvalue weighted by Crippen LogP contribution is -2.48. The van der Waals surface area contributed by atoms with Crippen molar-refractivity contribution in [3.8, 4) is 0 Å². The summed E-state index contributed by atoms with van der Waals surface area (Å²) in [6.45, 7) is 3.47. The Bertz CT molecular complexity index is 1120. The molecule has 2 unspecified atom stereocenters. The van der Waals surface area contributed by atoms with E-state index in [1.807, 2.05) is 42.5 Å². The van der Waals surface area contributed by atoms with Crippen molar-refractivity contribution < 1.29 is 8.42 Å².